The third-order valence-electron chi connectivity index (χ3n) is 4.00. The number of ether oxygens (including phenoxy) is 2. The third kappa shape index (κ3) is 4.37. The highest BCUT2D eigenvalue weighted by atomic mass is 32.2. The second-order valence-corrected chi connectivity index (χ2v) is 7.41. The van der Waals surface area contributed by atoms with Gasteiger partial charge in [-0.2, -0.15) is 0 Å². The summed E-state index contributed by atoms with van der Waals surface area (Å²) in [7, 11) is 2.95. The second kappa shape index (κ2) is 8.37. The topological polar surface area (TPSA) is 55.8 Å². The van der Waals surface area contributed by atoms with Gasteiger partial charge < -0.3 is 9.47 Å². The fraction of sp³-hybridized carbons (Fsp3) is 0.150. The number of thioether (sulfide) groups is 1. The van der Waals surface area contributed by atoms with Gasteiger partial charge in [0.05, 0.1) is 31.2 Å². The van der Waals surface area contributed by atoms with Gasteiger partial charge in [-0.25, -0.2) is 4.79 Å². The molecular formula is C20H17NO4S2. The first-order valence-electron chi connectivity index (χ1n) is 8.08. The molecule has 0 radical (unpaired) electrons. The average molecular weight is 399 g/mol. The molecule has 7 heteroatoms. The molecule has 27 heavy (non-hydrogen) atoms. The smallest absolute Gasteiger partial charge is 0.337 e. The lowest BCUT2D eigenvalue weighted by Gasteiger charge is -2.14. The van der Waals surface area contributed by atoms with Gasteiger partial charge in [0.15, 0.2) is 0 Å². The van der Waals surface area contributed by atoms with Gasteiger partial charge in [-0.3, -0.25) is 9.69 Å². The molecule has 0 aliphatic carbocycles. The van der Waals surface area contributed by atoms with E-state index in [0.717, 1.165) is 16.9 Å². The van der Waals surface area contributed by atoms with Crippen LogP contribution < -0.4 is 4.74 Å². The van der Waals surface area contributed by atoms with Crippen molar-refractivity contribution in [2.75, 3.05) is 14.2 Å². The summed E-state index contributed by atoms with van der Waals surface area (Å²) in [5, 5.41) is 0. The maximum absolute atomic E-state index is 12.7. The van der Waals surface area contributed by atoms with Crippen molar-refractivity contribution in [3.05, 3.63) is 70.1 Å². The SMILES string of the molecule is COC(=O)c1ccc(C=C2SC(=S)N(Cc3ccc(OC)cc3)C2=O)cc1. The Morgan fingerprint density at radius 1 is 1.11 bits per heavy atom. The van der Waals surface area contributed by atoms with Crippen LogP contribution in [0.5, 0.6) is 5.75 Å². The molecule has 2 aromatic rings. The summed E-state index contributed by atoms with van der Waals surface area (Å²) in [5.74, 6) is 0.240. The summed E-state index contributed by atoms with van der Waals surface area (Å²) in [4.78, 5) is 26.3. The van der Waals surface area contributed by atoms with E-state index < -0.39 is 5.97 Å². The van der Waals surface area contributed by atoms with Crippen LogP contribution in [0.2, 0.25) is 0 Å². The zero-order chi connectivity index (χ0) is 19.4. The summed E-state index contributed by atoms with van der Waals surface area (Å²) in [5.41, 5.74) is 2.24. The largest absolute Gasteiger partial charge is 0.497 e. The maximum Gasteiger partial charge on any atom is 0.337 e. The molecule has 1 saturated heterocycles. The molecule has 1 heterocycles. The number of carbonyl (C=O) groups excluding carboxylic acids is 2. The Hall–Kier alpha value is -2.64. The van der Waals surface area contributed by atoms with Crippen LogP contribution in [0.3, 0.4) is 0 Å². The number of rotatable bonds is 5. The Morgan fingerprint density at radius 3 is 2.37 bits per heavy atom. The van der Waals surface area contributed by atoms with Crippen molar-refractivity contribution in [1.82, 2.24) is 4.90 Å². The molecule has 5 nitrogen and oxygen atoms in total. The Kier molecular flexibility index (Phi) is 5.93. The Balaban J connectivity index is 1.74. The zero-order valence-corrected chi connectivity index (χ0v) is 16.4. The minimum absolute atomic E-state index is 0.127. The molecular weight excluding hydrogens is 382 g/mol. The Bertz CT molecular complexity index is 905. The van der Waals surface area contributed by atoms with E-state index in [1.54, 1.807) is 42.4 Å². The fourth-order valence-corrected chi connectivity index (χ4v) is 3.79. The number of carbonyl (C=O) groups is 2. The molecule has 0 bridgehead atoms. The fourth-order valence-electron chi connectivity index (χ4n) is 2.53. The van der Waals surface area contributed by atoms with Crippen LogP contribution in [0.4, 0.5) is 0 Å². The maximum atomic E-state index is 12.7. The summed E-state index contributed by atoms with van der Waals surface area (Å²) < 4.78 is 10.3. The van der Waals surface area contributed by atoms with Gasteiger partial charge in [-0.05, 0) is 41.5 Å². The van der Waals surface area contributed by atoms with Gasteiger partial charge in [-0.1, -0.05) is 48.2 Å². The quantitative estimate of drug-likeness (QED) is 0.432. The van der Waals surface area contributed by atoms with E-state index >= 15 is 0 Å². The molecule has 0 atom stereocenters. The van der Waals surface area contributed by atoms with E-state index in [2.05, 4.69) is 4.74 Å². The lowest BCUT2D eigenvalue weighted by molar-refractivity contribution is -0.122. The number of methoxy groups -OCH3 is 2. The minimum atomic E-state index is -0.396. The van der Waals surface area contributed by atoms with Gasteiger partial charge in [0.2, 0.25) is 0 Å². The van der Waals surface area contributed by atoms with Gasteiger partial charge in [0, 0.05) is 0 Å². The predicted molar refractivity (Wildman–Crippen MR) is 109 cm³/mol. The number of amides is 1. The van der Waals surface area contributed by atoms with Gasteiger partial charge in [0.1, 0.15) is 10.1 Å². The normalized spacial score (nSPS) is 15.3. The van der Waals surface area contributed by atoms with Crippen molar-refractivity contribution in [2.24, 2.45) is 0 Å². The van der Waals surface area contributed by atoms with E-state index in [9.17, 15) is 9.59 Å². The van der Waals surface area contributed by atoms with E-state index in [0.29, 0.717) is 21.3 Å². The molecule has 1 aliphatic rings. The molecule has 0 spiro atoms. The molecule has 138 valence electrons. The van der Waals surface area contributed by atoms with Gasteiger partial charge >= 0.3 is 5.97 Å². The van der Waals surface area contributed by atoms with Crippen LogP contribution in [0.15, 0.2) is 53.4 Å². The van der Waals surface area contributed by atoms with Crippen LogP contribution in [0.1, 0.15) is 21.5 Å². The lowest BCUT2D eigenvalue weighted by Crippen LogP contribution is -2.27. The monoisotopic (exact) mass is 399 g/mol. The van der Waals surface area contributed by atoms with Crippen LogP contribution in [0, 0.1) is 0 Å². The van der Waals surface area contributed by atoms with Crippen molar-refractivity contribution in [2.45, 2.75) is 6.54 Å². The molecule has 0 aromatic heterocycles. The summed E-state index contributed by atoms with van der Waals surface area (Å²) in [6, 6.07) is 14.4. The minimum Gasteiger partial charge on any atom is -0.497 e. The van der Waals surface area contributed by atoms with Gasteiger partial charge in [0.25, 0.3) is 5.91 Å². The lowest BCUT2D eigenvalue weighted by atomic mass is 10.1. The number of benzene rings is 2. The van der Waals surface area contributed by atoms with Crippen molar-refractivity contribution in [3.63, 3.8) is 0 Å². The average Bonchev–Trinajstić information content (AvgIpc) is 2.96. The van der Waals surface area contributed by atoms with Gasteiger partial charge in [-0.15, -0.1) is 0 Å². The summed E-state index contributed by atoms with van der Waals surface area (Å²) >= 11 is 6.64. The zero-order valence-electron chi connectivity index (χ0n) is 14.8. The van der Waals surface area contributed by atoms with E-state index in [4.69, 9.17) is 17.0 Å². The number of hydrogen-bond donors (Lipinski definition) is 0. The van der Waals surface area contributed by atoms with E-state index in [1.165, 1.54) is 18.9 Å². The molecule has 1 fully saturated rings. The number of thiocarbonyl (C=S) groups is 1. The summed E-state index contributed by atoms with van der Waals surface area (Å²) in [6.45, 7) is 0.410. The predicted octanol–water partition coefficient (Wildman–Crippen LogP) is 3.88. The standard InChI is InChI=1S/C20H17NO4S2/c1-24-16-9-5-14(6-10-16)12-21-18(22)17(27-20(21)26)11-13-3-7-15(8-4-13)19(23)25-2/h3-11H,12H2,1-2H3. The van der Waals surface area contributed by atoms with Crippen LogP contribution in [-0.2, 0) is 16.1 Å². The Morgan fingerprint density at radius 2 is 1.78 bits per heavy atom. The number of hydrogen-bond acceptors (Lipinski definition) is 6. The third-order valence-corrected chi connectivity index (χ3v) is 5.38. The number of nitrogens with zero attached hydrogens (tertiary/aromatic N) is 1. The van der Waals surface area contributed by atoms with E-state index in [-0.39, 0.29) is 5.91 Å². The van der Waals surface area contributed by atoms with Crippen LogP contribution in [0.25, 0.3) is 6.08 Å². The molecule has 2 aromatic carbocycles. The first kappa shape index (κ1) is 19.1. The van der Waals surface area contributed by atoms with Crippen LogP contribution in [-0.4, -0.2) is 35.3 Å². The summed E-state index contributed by atoms with van der Waals surface area (Å²) in [6.07, 6.45) is 1.77. The van der Waals surface area contributed by atoms with Crippen molar-refractivity contribution in [1.29, 1.82) is 0 Å². The number of esters is 1. The van der Waals surface area contributed by atoms with Crippen molar-refractivity contribution in [3.8, 4) is 5.75 Å². The highest BCUT2D eigenvalue weighted by Crippen LogP contribution is 2.33. The van der Waals surface area contributed by atoms with Crippen molar-refractivity contribution < 1.29 is 19.1 Å². The highest BCUT2D eigenvalue weighted by molar-refractivity contribution is 8.26. The highest BCUT2D eigenvalue weighted by Gasteiger charge is 2.31. The van der Waals surface area contributed by atoms with Crippen molar-refractivity contribution >= 4 is 46.3 Å². The van der Waals surface area contributed by atoms with E-state index in [1.807, 2.05) is 24.3 Å². The molecule has 0 N–H and O–H groups in total. The molecule has 1 aliphatic heterocycles. The molecule has 1 amide bonds. The molecule has 0 saturated carbocycles. The molecule has 0 unspecified atom stereocenters. The van der Waals surface area contributed by atoms with Crippen LogP contribution >= 0.6 is 24.0 Å². The molecule has 3 rings (SSSR count). The second-order valence-electron chi connectivity index (χ2n) is 5.73. The first-order valence-corrected chi connectivity index (χ1v) is 9.31. The first-order chi connectivity index (χ1) is 13.0. The Labute approximate surface area is 167 Å².